The van der Waals surface area contributed by atoms with Crippen molar-refractivity contribution in [2.45, 2.75) is 76.5 Å². The van der Waals surface area contributed by atoms with E-state index in [4.69, 9.17) is 4.74 Å². The number of nitrogens with one attached hydrogen (secondary N) is 1. The van der Waals surface area contributed by atoms with Crippen molar-refractivity contribution in [2.24, 2.45) is 0 Å². The van der Waals surface area contributed by atoms with Crippen molar-refractivity contribution in [1.29, 1.82) is 0 Å². The zero-order valence-corrected chi connectivity index (χ0v) is 11.1. The number of ketones is 1. The Hall–Kier alpha value is -0.900. The number of hydrogen-bond donors (Lipinski definition) is 1. The van der Waals surface area contributed by atoms with Crippen LogP contribution in [0.1, 0.15) is 58.3 Å². The largest absolute Gasteiger partial charge is 0.365 e. The summed E-state index contributed by atoms with van der Waals surface area (Å²) in [4.78, 5) is 23.1. The number of carbonyl (C=O) groups excluding carboxylic acids is 2. The van der Waals surface area contributed by atoms with Crippen LogP contribution in [0.25, 0.3) is 0 Å². The lowest BCUT2D eigenvalue weighted by molar-refractivity contribution is -0.138. The van der Waals surface area contributed by atoms with E-state index in [0.29, 0.717) is 24.7 Å². The molecule has 2 rings (SSSR count). The molecule has 2 fully saturated rings. The smallest absolute Gasteiger partial charge is 0.249 e. The van der Waals surface area contributed by atoms with E-state index < -0.39 is 6.10 Å². The molecular weight excluding hydrogens is 230 g/mol. The lowest BCUT2D eigenvalue weighted by Crippen LogP contribution is -2.41. The third-order valence-corrected chi connectivity index (χ3v) is 3.96. The zero-order chi connectivity index (χ0) is 13.0. The predicted molar refractivity (Wildman–Crippen MR) is 68.2 cm³/mol. The molecule has 2 aliphatic carbocycles. The zero-order valence-electron chi connectivity index (χ0n) is 11.1. The third kappa shape index (κ3) is 3.80. The second kappa shape index (κ2) is 6.32. The van der Waals surface area contributed by atoms with Crippen LogP contribution in [0, 0.1) is 0 Å². The van der Waals surface area contributed by atoms with Crippen LogP contribution >= 0.6 is 0 Å². The van der Waals surface area contributed by atoms with E-state index >= 15 is 0 Å². The molecule has 102 valence electrons. The molecule has 0 aromatic carbocycles. The molecule has 1 unspecified atom stereocenters. The van der Waals surface area contributed by atoms with Crippen LogP contribution in [0.4, 0.5) is 0 Å². The first-order valence-corrected chi connectivity index (χ1v) is 7.12. The van der Waals surface area contributed by atoms with Crippen LogP contribution in [0.2, 0.25) is 0 Å². The highest BCUT2D eigenvalue weighted by Gasteiger charge is 2.25. The van der Waals surface area contributed by atoms with Crippen molar-refractivity contribution in [3.63, 3.8) is 0 Å². The summed E-state index contributed by atoms with van der Waals surface area (Å²) in [5.41, 5.74) is 0. The third-order valence-electron chi connectivity index (χ3n) is 3.96. The van der Waals surface area contributed by atoms with Gasteiger partial charge in [-0.3, -0.25) is 9.59 Å². The van der Waals surface area contributed by atoms with E-state index in [1.165, 1.54) is 12.8 Å². The molecule has 2 saturated carbocycles. The molecule has 0 radical (unpaired) electrons. The first-order valence-electron chi connectivity index (χ1n) is 7.12. The van der Waals surface area contributed by atoms with Gasteiger partial charge in [-0.05, 0) is 32.6 Å². The Balaban J connectivity index is 1.71. The molecule has 0 aliphatic heterocycles. The minimum Gasteiger partial charge on any atom is -0.365 e. The topological polar surface area (TPSA) is 55.4 Å². The Morgan fingerprint density at radius 3 is 2.44 bits per heavy atom. The highest BCUT2D eigenvalue weighted by atomic mass is 16.5. The molecule has 1 amide bonds. The van der Waals surface area contributed by atoms with Crippen LogP contribution in [-0.2, 0) is 14.3 Å². The molecule has 18 heavy (non-hydrogen) atoms. The van der Waals surface area contributed by atoms with Gasteiger partial charge in [-0.2, -0.15) is 0 Å². The second-order valence-electron chi connectivity index (χ2n) is 5.51. The molecule has 1 N–H and O–H groups in total. The molecule has 0 bridgehead atoms. The Bertz CT molecular complexity index is 300. The average Bonchev–Trinajstić information content (AvgIpc) is 2.85. The Morgan fingerprint density at radius 2 is 1.83 bits per heavy atom. The Kier molecular flexibility index (Phi) is 4.75. The summed E-state index contributed by atoms with van der Waals surface area (Å²) < 4.78 is 5.75. The highest BCUT2D eigenvalue weighted by Crippen LogP contribution is 2.20. The van der Waals surface area contributed by atoms with Crippen molar-refractivity contribution < 1.29 is 14.3 Å². The van der Waals surface area contributed by atoms with Crippen LogP contribution in [0.15, 0.2) is 0 Å². The van der Waals surface area contributed by atoms with Gasteiger partial charge in [-0.1, -0.05) is 12.8 Å². The SMILES string of the molecule is CC(OC1CCC(=O)CC1)C(=O)NC1CCCC1. The first kappa shape index (κ1) is 13.5. The fraction of sp³-hybridized carbons (Fsp3) is 0.857. The van der Waals surface area contributed by atoms with Gasteiger partial charge in [-0.25, -0.2) is 0 Å². The van der Waals surface area contributed by atoms with E-state index in [1.54, 1.807) is 6.92 Å². The minimum atomic E-state index is -0.399. The minimum absolute atomic E-state index is 0.00111. The fourth-order valence-electron chi connectivity index (χ4n) is 2.79. The van der Waals surface area contributed by atoms with E-state index in [0.717, 1.165) is 25.7 Å². The quantitative estimate of drug-likeness (QED) is 0.833. The molecule has 0 saturated heterocycles. The predicted octanol–water partition coefficient (Wildman–Crippen LogP) is 1.96. The summed E-state index contributed by atoms with van der Waals surface area (Å²) in [6, 6.07) is 0.344. The van der Waals surface area contributed by atoms with Gasteiger partial charge in [-0.15, -0.1) is 0 Å². The molecule has 0 spiro atoms. The highest BCUT2D eigenvalue weighted by molar-refractivity contribution is 5.81. The Morgan fingerprint density at radius 1 is 1.22 bits per heavy atom. The molecule has 1 atom stereocenters. The van der Waals surface area contributed by atoms with Gasteiger partial charge in [0.25, 0.3) is 0 Å². The van der Waals surface area contributed by atoms with Crippen molar-refractivity contribution in [3.05, 3.63) is 0 Å². The van der Waals surface area contributed by atoms with Gasteiger partial charge >= 0.3 is 0 Å². The maximum atomic E-state index is 11.9. The summed E-state index contributed by atoms with van der Waals surface area (Å²) in [5, 5.41) is 3.05. The lowest BCUT2D eigenvalue weighted by atomic mass is 9.96. The van der Waals surface area contributed by atoms with Crippen LogP contribution < -0.4 is 5.32 Å². The normalized spacial score (nSPS) is 24.2. The number of Topliss-reactive ketones (excluding diaryl/α,β-unsaturated/α-hetero) is 1. The first-order chi connectivity index (χ1) is 8.65. The summed E-state index contributed by atoms with van der Waals surface area (Å²) in [7, 11) is 0. The lowest BCUT2D eigenvalue weighted by Gasteiger charge is -2.25. The van der Waals surface area contributed by atoms with Crippen molar-refractivity contribution in [3.8, 4) is 0 Å². The van der Waals surface area contributed by atoms with Crippen molar-refractivity contribution >= 4 is 11.7 Å². The van der Waals surface area contributed by atoms with Gasteiger partial charge in [0, 0.05) is 18.9 Å². The van der Waals surface area contributed by atoms with E-state index in [1.807, 2.05) is 0 Å². The van der Waals surface area contributed by atoms with E-state index in [2.05, 4.69) is 5.32 Å². The molecule has 0 heterocycles. The standard InChI is InChI=1S/C14H23NO3/c1-10(14(17)15-11-4-2-3-5-11)18-13-8-6-12(16)7-9-13/h10-11,13H,2-9H2,1H3,(H,15,17). The van der Waals surface area contributed by atoms with Gasteiger partial charge in [0.05, 0.1) is 6.10 Å². The molecule has 0 aromatic heterocycles. The van der Waals surface area contributed by atoms with E-state index in [-0.39, 0.29) is 12.0 Å². The monoisotopic (exact) mass is 253 g/mol. The van der Waals surface area contributed by atoms with Crippen LogP contribution in [-0.4, -0.2) is 29.9 Å². The van der Waals surface area contributed by atoms with Crippen LogP contribution in [0.5, 0.6) is 0 Å². The number of ether oxygens (including phenoxy) is 1. The van der Waals surface area contributed by atoms with Gasteiger partial charge in [0.1, 0.15) is 11.9 Å². The average molecular weight is 253 g/mol. The van der Waals surface area contributed by atoms with Crippen LogP contribution in [0.3, 0.4) is 0 Å². The maximum Gasteiger partial charge on any atom is 0.249 e. The summed E-state index contributed by atoms with van der Waals surface area (Å²) in [6.45, 7) is 1.81. The molecule has 4 nitrogen and oxygen atoms in total. The number of amides is 1. The van der Waals surface area contributed by atoms with E-state index in [9.17, 15) is 9.59 Å². The molecule has 2 aliphatic rings. The summed E-state index contributed by atoms with van der Waals surface area (Å²) in [6.07, 6.45) is 7.02. The van der Waals surface area contributed by atoms with Crippen molar-refractivity contribution in [1.82, 2.24) is 5.32 Å². The van der Waals surface area contributed by atoms with Gasteiger partial charge < -0.3 is 10.1 Å². The molecule has 0 aromatic rings. The molecular formula is C14H23NO3. The Labute approximate surface area is 108 Å². The number of rotatable bonds is 4. The number of hydrogen-bond acceptors (Lipinski definition) is 3. The summed E-state index contributed by atoms with van der Waals surface area (Å²) >= 11 is 0. The fourth-order valence-corrected chi connectivity index (χ4v) is 2.79. The molecule has 4 heteroatoms. The second-order valence-corrected chi connectivity index (χ2v) is 5.51. The maximum absolute atomic E-state index is 11.9. The number of carbonyl (C=O) groups is 2. The van der Waals surface area contributed by atoms with Gasteiger partial charge in [0.15, 0.2) is 0 Å². The summed E-state index contributed by atoms with van der Waals surface area (Å²) in [5.74, 6) is 0.316. The van der Waals surface area contributed by atoms with Crippen molar-refractivity contribution in [2.75, 3.05) is 0 Å². The van der Waals surface area contributed by atoms with Gasteiger partial charge in [0.2, 0.25) is 5.91 Å².